The molecule has 0 aromatic heterocycles. The van der Waals surface area contributed by atoms with Crippen molar-refractivity contribution in [3.63, 3.8) is 0 Å². The molecule has 114 valence electrons. The van der Waals surface area contributed by atoms with Gasteiger partial charge in [-0.15, -0.1) is 0 Å². The van der Waals surface area contributed by atoms with Crippen LogP contribution in [0, 0.1) is 0 Å². The van der Waals surface area contributed by atoms with Gasteiger partial charge in [0.2, 0.25) is 11.8 Å². The minimum Gasteiger partial charge on any atom is -0.368 e. The van der Waals surface area contributed by atoms with Crippen molar-refractivity contribution >= 4 is 11.8 Å². The standard InChI is InChI=1S/C15H27N3O2/c16-15(20)13-9-6-10-18(13)11-14(19)17-12-7-4-2-1-3-5-8-12/h12-13H,1-11H2,(H2,16,20)(H,17,19). The fourth-order valence-electron chi connectivity index (χ4n) is 3.40. The quantitative estimate of drug-likeness (QED) is 0.812. The molecule has 1 heterocycles. The van der Waals surface area contributed by atoms with Crippen LogP contribution in [0.4, 0.5) is 0 Å². The number of hydrogen-bond acceptors (Lipinski definition) is 3. The monoisotopic (exact) mass is 281 g/mol. The first kappa shape index (κ1) is 15.3. The second kappa shape index (κ2) is 7.62. The molecule has 5 heteroatoms. The zero-order chi connectivity index (χ0) is 14.4. The number of likely N-dealkylation sites (tertiary alicyclic amines) is 1. The van der Waals surface area contributed by atoms with Crippen molar-refractivity contribution in [2.45, 2.75) is 69.9 Å². The number of carbonyl (C=O) groups is 2. The number of hydrogen-bond donors (Lipinski definition) is 2. The van der Waals surface area contributed by atoms with Gasteiger partial charge in [0.15, 0.2) is 0 Å². The molecular weight excluding hydrogens is 254 g/mol. The number of carbonyl (C=O) groups excluding carboxylic acids is 2. The largest absolute Gasteiger partial charge is 0.368 e. The van der Waals surface area contributed by atoms with Crippen LogP contribution < -0.4 is 11.1 Å². The number of nitrogens with one attached hydrogen (secondary N) is 1. The Hall–Kier alpha value is -1.10. The lowest BCUT2D eigenvalue weighted by molar-refractivity contribution is -0.126. The summed E-state index contributed by atoms with van der Waals surface area (Å²) in [6, 6.07) is 0.0653. The molecule has 0 spiro atoms. The zero-order valence-electron chi connectivity index (χ0n) is 12.3. The molecule has 2 amide bonds. The van der Waals surface area contributed by atoms with Crippen LogP contribution in [-0.4, -0.2) is 41.9 Å². The predicted molar refractivity (Wildman–Crippen MR) is 78.0 cm³/mol. The molecule has 0 aromatic rings. The van der Waals surface area contributed by atoms with Gasteiger partial charge < -0.3 is 11.1 Å². The van der Waals surface area contributed by atoms with E-state index >= 15 is 0 Å². The highest BCUT2D eigenvalue weighted by molar-refractivity contribution is 5.82. The van der Waals surface area contributed by atoms with Gasteiger partial charge in [-0.3, -0.25) is 14.5 Å². The second-order valence-corrected chi connectivity index (χ2v) is 6.14. The third-order valence-corrected chi connectivity index (χ3v) is 4.51. The normalized spacial score (nSPS) is 25.9. The summed E-state index contributed by atoms with van der Waals surface area (Å²) in [7, 11) is 0. The zero-order valence-corrected chi connectivity index (χ0v) is 12.3. The molecule has 2 rings (SSSR count). The average molecular weight is 281 g/mol. The van der Waals surface area contributed by atoms with E-state index in [2.05, 4.69) is 5.32 Å². The third kappa shape index (κ3) is 4.47. The number of primary amides is 1. The summed E-state index contributed by atoms with van der Waals surface area (Å²) < 4.78 is 0. The van der Waals surface area contributed by atoms with Gasteiger partial charge in [-0.1, -0.05) is 32.1 Å². The summed E-state index contributed by atoms with van der Waals surface area (Å²) in [4.78, 5) is 25.4. The molecule has 1 aliphatic carbocycles. The van der Waals surface area contributed by atoms with Crippen molar-refractivity contribution in [3.05, 3.63) is 0 Å². The molecule has 1 unspecified atom stereocenters. The number of nitrogens with zero attached hydrogens (tertiary/aromatic N) is 1. The Kier molecular flexibility index (Phi) is 5.83. The molecule has 0 radical (unpaired) electrons. The summed E-state index contributed by atoms with van der Waals surface area (Å²) in [6.45, 7) is 1.11. The van der Waals surface area contributed by atoms with Crippen LogP contribution in [0.2, 0.25) is 0 Å². The Labute approximate surface area is 121 Å². The molecule has 1 atom stereocenters. The maximum Gasteiger partial charge on any atom is 0.234 e. The number of nitrogens with two attached hydrogens (primary N) is 1. The van der Waals surface area contributed by atoms with Crippen LogP contribution in [0.25, 0.3) is 0 Å². The molecule has 1 saturated heterocycles. The highest BCUT2D eigenvalue weighted by Crippen LogP contribution is 2.18. The summed E-state index contributed by atoms with van der Waals surface area (Å²) in [5.41, 5.74) is 5.37. The molecular formula is C15H27N3O2. The Morgan fingerprint density at radius 1 is 1.00 bits per heavy atom. The van der Waals surface area contributed by atoms with E-state index in [4.69, 9.17) is 5.73 Å². The van der Waals surface area contributed by atoms with Gasteiger partial charge >= 0.3 is 0 Å². The van der Waals surface area contributed by atoms with Gasteiger partial charge in [0.05, 0.1) is 12.6 Å². The maximum atomic E-state index is 12.1. The highest BCUT2D eigenvalue weighted by Gasteiger charge is 2.30. The third-order valence-electron chi connectivity index (χ3n) is 4.51. The number of amides is 2. The van der Waals surface area contributed by atoms with Gasteiger partial charge in [-0.2, -0.15) is 0 Å². The first-order valence-corrected chi connectivity index (χ1v) is 7.99. The Morgan fingerprint density at radius 3 is 2.30 bits per heavy atom. The van der Waals surface area contributed by atoms with E-state index in [-0.39, 0.29) is 17.9 Å². The molecule has 0 aromatic carbocycles. The van der Waals surface area contributed by atoms with Crippen molar-refractivity contribution in [2.24, 2.45) is 5.73 Å². The van der Waals surface area contributed by atoms with Gasteiger partial charge in [-0.25, -0.2) is 0 Å². The predicted octanol–water partition coefficient (Wildman–Crippen LogP) is 1.17. The molecule has 2 fully saturated rings. The van der Waals surface area contributed by atoms with Gasteiger partial charge in [0, 0.05) is 6.04 Å². The maximum absolute atomic E-state index is 12.1. The van der Waals surface area contributed by atoms with E-state index in [9.17, 15) is 9.59 Å². The average Bonchev–Trinajstić information content (AvgIpc) is 2.80. The minimum absolute atomic E-state index is 0.0451. The fraction of sp³-hybridized carbons (Fsp3) is 0.867. The van der Waals surface area contributed by atoms with E-state index in [1.54, 1.807) is 0 Å². The molecule has 5 nitrogen and oxygen atoms in total. The van der Waals surface area contributed by atoms with Crippen LogP contribution in [-0.2, 0) is 9.59 Å². The lowest BCUT2D eigenvalue weighted by atomic mass is 9.97. The SMILES string of the molecule is NC(=O)C1CCCN1CC(=O)NC1CCCCCCC1. The topological polar surface area (TPSA) is 75.4 Å². The summed E-state index contributed by atoms with van der Waals surface area (Å²) >= 11 is 0. The highest BCUT2D eigenvalue weighted by atomic mass is 16.2. The molecule has 1 saturated carbocycles. The van der Waals surface area contributed by atoms with Crippen molar-refractivity contribution in [3.8, 4) is 0 Å². The Bertz CT molecular complexity index is 338. The van der Waals surface area contributed by atoms with E-state index in [1.807, 2.05) is 4.90 Å². The van der Waals surface area contributed by atoms with E-state index in [0.717, 1.165) is 32.2 Å². The smallest absolute Gasteiger partial charge is 0.234 e. The fourth-order valence-corrected chi connectivity index (χ4v) is 3.40. The van der Waals surface area contributed by atoms with Gasteiger partial charge in [0.1, 0.15) is 0 Å². The first-order valence-electron chi connectivity index (χ1n) is 7.99. The van der Waals surface area contributed by atoms with E-state index in [1.165, 1.54) is 32.1 Å². The van der Waals surface area contributed by atoms with Crippen LogP contribution in [0.3, 0.4) is 0 Å². The molecule has 1 aliphatic heterocycles. The van der Waals surface area contributed by atoms with Crippen molar-refractivity contribution in [1.29, 1.82) is 0 Å². The van der Waals surface area contributed by atoms with Crippen LogP contribution >= 0.6 is 0 Å². The summed E-state index contributed by atoms with van der Waals surface area (Å²) in [6.07, 6.45) is 10.2. The van der Waals surface area contributed by atoms with Crippen molar-refractivity contribution in [1.82, 2.24) is 10.2 Å². The lowest BCUT2D eigenvalue weighted by Crippen LogP contribution is -2.47. The van der Waals surface area contributed by atoms with E-state index in [0.29, 0.717) is 12.6 Å². The summed E-state index contributed by atoms with van der Waals surface area (Å²) in [5.74, 6) is -0.259. The number of rotatable bonds is 4. The molecule has 20 heavy (non-hydrogen) atoms. The summed E-state index contributed by atoms with van der Waals surface area (Å²) in [5, 5.41) is 3.14. The van der Waals surface area contributed by atoms with Crippen molar-refractivity contribution < 1.29 is 9.59 Å². The minimum atomic E-state index is -0.304. The molecule has 0 bridgehead atoms. The first-order chi connectivity index (χ1) is 9.66. The Morgan fingerprint density at radius 2 is 1.65 bits per heavy atom. The van der Waals surface area contributed by atoms with E-state index < -0.39 is 0 Å². The van der Waals surface area contributed by atoms with Gasteiger partial charge in [0.25, 0.3) is 0 Å². The van der Waals surface area contributed by atoms with Crippen LogP contribution in [0.5, 0.6) is 0 Å². The lowest BCUT2D eigenvalue weighted by Gasteiger charge is -2.24. The van der Waals surface area contributed by atoms with Crippen LogP contribution in [0.15, 0.2) is 0 Å². The van der Waals surface area contributed by atoms with Gasteiger partial charge in [-0.05, 0) is 32.2 Å². The second-order valence-electron chi connectivity index (χ2n) is 6.14. The Balaban J connectivity index is 1.77. The molecule has 3 N–H and O–H groups in total. The van der Waals surface area contributed by atoms with Crippen molar-refractivity contribution in [2.75, 3.05) is 13.1 Å². The molecule has 2 aliphatic rings. The van der Waals surface area contributed by atoms with Crippen LogP contribution in [0.1, 0.15) is 57.8 Å².